The number of hydrogen-bond acceptors (Lipinski definition) is 2. The summed E-state index contributed by atoms with van der Waals surface area (Å²) in [6.45, 7) is 0. The van der Waals surface area contributed by atoms with E-state index in [1.54, 1.807) is 24.3 Å². The Hall–Kier alpha value is -1.50. The monoisotopic (exact) mass is 321 g/mol. The maximum atomic E-state index is 8.84. The van der Waals surface area contributed by atoms with Crippen LogP contribution in [0.25, 0.3) is 0 Å². The van der Waals surface area contributed by atoms with Crippen molar-refractivity contribution in [1.82, 2.24) is 0 Å². The highest BCUT2D eigenvalue weighted by Crippen LogP contribution is 2.32. The van der Waals surface area contributed by atoms with E-state index in [9.17, 15) is 0 Å². The Morgan fingerprint density at radius 3 is 2.72 bits per heavy atom. The van der Waals surface area contributed by atoms with Gasteiger partial charge in [0, 0.05) is 15.9 Å². The average Bonchev–Trinajstić information content (AvgIpc) is 2.39. The van der Waals surface area contributed by atoms with Gasteiger partial charge in [-0.2, -0.15) is 5.26 Å². The molecule has 2 nitrogen and oxygen atoms in total. The minimum atomic E-state index is 0.565. The lowest BCUT2D eigenvalue weighted by atomic mass is 10.2. The molecule has 0 N–H and O–H groups in total. The van der Waals surface area contributed by atoms with Gasteiger partial charge in [0.05, 0.1) is 11.6 Å². The van der Waals surface area contributed by atoms with Crippen molar-refractivity contribution >= 4 is 27.5 Å². The van der Waals surface area contributed by atoms with Crippen LogP contribution in [0.2, 0.25) is 5.02 Å². The van der Waals surface area contributed by atoms with Gasteiger partial charge in [-0.1, -0.05) is 39.7 Å². The average molecular weight is 323 g/mol. The van der Waals surface area contributed by atoms with Crippen molar-refractivity contribution in [2.75, 3.05) is 0 Å². The molecule has 0 fully saturated rings. The van der Waals surface area contributed by atoms with Crippen LogP contribution < -0.4 is 4.74 Å². The van der Waals surface area contributed by atoms with Crippen molar-refractivity contribution in [3.63, 3.8) is 0 Å². The van der Waals surface area contributed by atoms with Crippen LogP contribution in [-0.2, 0) is 5.33 Å². The topological polar surface area (TPSA) is 33.0 Å². The summed E-state index contributed by atoms with van der Waals surface area (Å²) >= 11 is 9.48. The van der Waals surface area contributed by atoms with Crippen LogP contribution in [0.1, 0.15) is 11.1 Å². The molecule has 2 aromatic rings. The van der Waals surface area contributed by atoms with Gasteiger partial charge in [0.25, 0.3) is 0 Å². The molecular formula is C14H9BrClNO. The Kier molecular flexibility index (Phi) is 4.24. The molecular weight excluding hydrogens is 314 g/mol. The highest BCUT2D eigenvalue weighted by atomic mass is 79.9. The lowest BCUT2D eigenvalue weighted by Crippen LogP contribution is -1.90. The van der Waals surface area contributed by atoms with Gasteiger partial charge in [0.1, 0.15) is 11.5 Å². The molecule has 0 saturated carbocycles. The van der Waals surface area contributed by atoms with Gasteiger partial charge in [0.2, 0.25) is 0 Å². The number of nitrogens with zero attached hydrogens (tertiary/aromatic N) is 1. The highest BCUT2D eigenvalue weighted by Gasteiger charge is 2.08. The third-order valence-corrected chi connectivity index (χ3v) is 3.32. The Labute approximate surface area is 119 Å². The fourth-order valence-corrected chi connectivity index (χ4v) is 2.49. The van der Waals surface area contributed by atoms with Crippen molar-refractivity contribution in [1.29, 1.82) is 5.26 Å². The predicted molar refractivity (Wildman–Crippen MR) is 75.3 cm³/mol. The molecule has 0 aliphatic rings. The van der Waals surface area contributed by atoms with E-state index >= 15 is 0 Å². The zero-order valence-corrected chi connectivity index (χ0v) is 11.7. The Morgan fingerprint density at radius 2 is 2.00 bits per heavy atom. The summed E-state index contributed by atoms with van der Waals surface area (Å²) in [5, 5.41) is 10.1. The van der Waals surface area contributed by atoms with Gasteiger partial charge < -0.3 is 4.74 Å². The SMILES string of the molecule is N#Cc1cccc(Oc2cccc(Cl)c2CBr)c1. The van der Waals surface area contributed by atoms with Gasteiger partial charge >= 0.3 is 0 Å². The molecule has 90 valence electrons. The number of nitriles is 1. The van der Waals surface area contributed by atoms with Crippen LogP contribution in [0.4, 0.5) is 0 Å². The fraction of sp³-hybridized carbons (Fsp3) is 0.0714. The number of hydrogen-bond donors (Lipinski definition) is 0. The summed E-state index contributed by atoms with van der Waals surface area (Å²) in [5.74, 6) is 1.31. The van der Waals surface area contributed by atoms with Crippen molar-refractivity contribution in [3.05, 3.63) is 58.6 Å². The normalized spacial score (nSPS) is 9.83. The molecule has 0 spiro atoms. The summed E-state index contributed by atoms with van der Waals surface area (Å²) in [6, 6.07) is 14.6. The number of halogens is 2. The number of ether oxygens (including phenoxy) is 1. The molecule has 0 atom stereocenters. The Bertz CT molecular complexity index is 607. The number of benzene rings is 2. The molecule has 0 unspecified atom stereocenters. The van der Waals surface area contributed by atoms with E-state index in [2.05, 4.69) is 22.0 Å². The van der Waals surface area contributed by atoms with Crippen LogP contribution in [0.3, 0.4) is 0 Å². The second-order valence-corrected chi connectivity index (χ2v) is 4.56. The lowest BCUT2D eigenvalue weighted by Gasteiger charge is -2.10. The molecule has 0 saturated heterocycles. The van der Waals surface area contributed by atoms with Crippen LogP contribution in [0.15, 0.2) is 42.5 Å². The molecule has 0 bridgehead atoms. The molecule has 0 heterocycles. The predicted octanol–water partition coefficient (Wildman–Crippen LogP) is 4.90. The molecule has 4 heteroatoms. The molecule has 2 rings (SSSR count). The molecule has 0 aromatic heterocycles. The summed E-state index contributed by atoms with van der Waals surface area (Å²) in [5.41, 5.74) is 1.46. The van der Waals surface area contributed by atoms with E-state index < -0.39 is 0 Å². The van der Waals surface area contributed by atoms with Crippen LogP contribution in [0, 0.1) is 11.3 Å². The summed E-state index contributed by atoms with van der Waals surface area (Å²) < 4.78 is 5.76. The van der Waals surface area contributed by atoms with E-state index in [1.807, 2.05) is 18.2 Å². The lowest BCUT2D eigenvalue weighted by molar-refractivity contribution is 0.478. The zero-order valence-electron chi connectivity index (χ0n) is 9.36. The third-order valence-electron chi connectivity index (χ3n) is 2.40. The van der Waals surface area contributed by atoms with E-state index in [0.717, 1.165) is 5.56 Å². The second kappa shape index (κ2) is 5.90. The zero-order chi connectivity index (χ0) is 13.0. The number of alkyl halides is 1. The van der Waals surface area contributed by atoms with Gasteiger partial charge in [0.15, 0.2) is 0 Å². The smallest absolute Gasteiger partial charge is 0.132 e. The third kappa shape index (κ3) is 2.84. The van der Waals surface area contributed by atoms with Gasteiger partial charge in [-0.3, -0.25) is 0 Å². The van der Waals surface area contributed by atoms with Crippen molar-refractivity contribution in [2.45, 2.75) is 5.33 Å². The molecule has 0 aliphatic heterocycles. The van der Waals surface area contributed by atoms with Gasteiger partial charge in [-0.05, 0) is 30.3 Å². The first-order valence-corrected chi connectivity index (χ1v) is 6.76. The van der Waals surface area contributed by atoms with Gasteiger partial charge in [-0.25, -0.2) is 0 Å². The van der Waals surface area contributed by atoms with Crippen LogP contribution >= 0.6 is 27.5 Å². The van der Waals surface area contributed by atoms with Crippen LogP contribution in [-0.4, -0.2) is 0 Å². The quantitative estimate of drug-likeness (QED) is 0.753. The molecule has 0 amide bonds. The van der Waals surface area contributed by atoms with Crippen molar-refractivity contribution in [2.24, 2.45) is 0 Å². The van der Waals surface area contributed by atoms with Gasteiger partial charge in [-0.15, -0.1) is 0 Å². The summed E-state index contributed by atoms with van der Waals surface area (Å²) in [7, 11) is 0. The van der Waals surface area contributed by atoms with Crippen LogP contribution in [0.5, 0.6) is 11.5 Å². The molecule has 0 radical (unpaired) electrons. The Balaban J connectivity index is 2.34. The maximum Gasteiger partial charge on any atom is 0.132 e. The maximum absolute atomic E-state index is 8.84. The molecule has 0 aliphatic carbocycles. The van der Waals surface area contributed by atoms with E-state index in [0.29, 0.717) is 27.4 Å². The summed E-state index contributed by atoms with van der Waals surface area (Å²) in [6.07, 6.45) is 0. The first kappa shape index (κ1) is 12.9. The fourth-order valence-electron chi connectivity index (χ4n) is 1.52. The number of rotatable bonds is 3. The molecule has 18 heavy (non-hydrogen) atoms. The minimum absolute atomic E-state index is 0.565. The first-order valence-electron chi connectivity index (χ1n) is 5.26. The van der Waals surface area contributed by atoms with E-state index in [1.165, 1.54) is 0 Å². The van der Waals surface area contributed by atoms with E-state index in [-0.39, 0.29) is 0 Å². The van der Waals surface area contributed by atoms with E-state index in [4.69, 9.17) is 21.6 Å². The first-order chi connectivity index (χ1) is 8.74. The largest absolute Gasteiger partial charge is 0.457 e. The highest BCUT2D eigenvalue weighted by molar-refractivity contribution is 9.08. The minimum Gasteiger partial charge on any atom is -0.457 e. The standard InChI is InChI=1S/C14H9BrClNO/c15-8-12-13(16)5-2-6-14(12)18-11-4-1-3-10(7-11)9-17/h1-7H,8H2. The molecule has 2 aromatic carbocycles. The summed E-state index contributed by atoms with van der Waals surface area (Å²) in [4.78, 5) is 0. The second-order valence-electron chi connectivity index (χ2n) is 3.59. The van der Waals surface area contributed by atoms with Crippen molar-refractivity contribution < 1.29 is 4.74 Å². The Morgan fingerprint density at radius 1 is 1.22 bits per heavy atom. The van der Waals surface area contributed by atoms with Crippen molar-refractivity contribution in [3.8, 4) is 17.6 Å².